The Kier molecular flexibility index (Phi) is 7.19. The van der Waals surface area contributed by atoms with Gasteiger partial charge in [0.2, 0.25) is 20.0 Å². The molecule has 1 aliphatic heterocycles. The highest BCUT2D eigenvalue weighted by Crippen LogP contribution is 2.22. The van der Waals surface area contributed by atoms with Crippen molar-refractivity contribution in [2.45, 2.75) is 17.7 Å². The van der Waals surface area contributed by atoms with Crippen LogP contribution in [0.3, 0.4) is 0 Å². The minimum atomic E-state index is -3.45. The third-order valence-corrected chi connectivity index (χ3v) is 7.15. The van der Waals surface area contributed by atoms with Crippen LogP contribution in [-0.4, -0.2) is 59.5 Å². The molecule has 11 heteroatoms. The van der Waals surface area contributed by atoms with Crippen LogP contribution in [0.15, 0.2) is 53.4 Å². The van der Waals surface area contributed by atoms with Crippen LogP contribution in [0, 0.1) is 0 Å². The Morgan fingerprint density at radius 2 is 1.58 bits per heavy atom. The van der Waals surface area contributed by atoms with Crippen molar-refractivity contribution in [3.63, 3.8) is 0 Å². The zero-order valence-electron chi connectivity index (χ0n) is 17.1. The number of nitrogens with zero attached hydrogens (tertiary/aromatic N) is 1. The van der Waals surface area contributed by atoms with Gasteiger partial charge in [0.25, 0.3) is 5.91 Å². The summed E-state index contributed by atoms with van der Waals surface area (Å²) in [5.74, 6) is 0.187. The minimum Gasteiger partial charge on any atom is -0.492 e. The molecular weight excluding hydrogens is 442 g/mol. The first-order chi connectivity index (χ1) is 14.6. The average Bonchev–Trinajstić information content (AvgIpc) is 3.27. The van der Waals surface area contributed by atoms with Gasteiger partial charge in [0.1, 0.15) is 12.4 Å². The van der Waals surface area contributed by atoms with E-state index in [2.05, 4.69) is 10.0 Å². The number of carbonyl (C=O) groups excluding carboxylic acids is 1. The van der Waals surface area contributed by atoms with Crippen LogP contribution >= 0.6 is 0 Å². The fourth-order valence-corrected chi connectivity index (χ4v) is 5.21. The number of rotatable bonds is 9. The number of anilines is 1. The molecule has 1 amide bonds. The summed E-state index contributed by atoms with van der Waals surface area (Å²) >= 11 is 0. The number of nitrogens with one attached hydrogen (secondary N) is 2. The number of hydrogen-bond donors (Lipinski definition) is 2. The first kappa shape index (κ1) is 23.0. The molecule has 0 spiro atoms. The summed E-state index contributed by atoms with van der Waals surface area (Å²) in [5.41, 5.74) is 0.757. The molecule has 2 N–H and O–H groups in total. The van der Waals surface area contributed by atoms with Crippen molar-refractivity contribution in [3.05, 3.63) is 54.1 Å². The van der Waals surface area contributed by atoms with E-state index in [1.165, 1.54) is 40.7 Å². The topological polar surface area (TPSA) is 122 Å². The molecule has 2 aromatic carbocycles. The smallest absolute Gasteiger partial charge is 0.251 e. The van der Waals surface area contributed by atoms with E-state index < -0.39 is 20.0 Å². The van der Waals surface area contributed by atoms with Crippen LogP contribution in [0.5, 0.6) is 5.75 Å². The van der Waals surface area contributed by atoms with Gasteiger partial charge < -0.3 is 10.1 Å². The Bertz CT molecular complexity index is 1110. The minimum absolute atomic E-state index is 0.206. The molecule has 1 fully saturated rings. The van der Waals surface area contributed by atoms with Crippen molar-refractivity contribution < 1.29 is 26.4 Å². The fraction of sp³-hybridized carbons (Fsp3) is 0.350. The van der Waals surface area contributed by atoms with Gasteiger partial charge >= 0.3 is 0 Å². The molecule has 0 bridgehead atoms. The Hall–Kier alpha value is -2.63. The lowest BCUT2D eigenvalue weighted by Gasteiger charge is -2.15. The molecule has 0 saturated carbocycles. The third kappa shape index (κ3) is 6.42. The van der Waals surface area contributed by atoms with Crippen LogP contribution in [0.25, 0.3) is 0 Å². The van der Waals surface area contributed by atoms with Gasteiger partial charge in [0.05, 0.1) is 17.7 Å². The van der Waals surface area contributed by atoms with Gasteiger partial charge in [0.15, 0.2) is 0 Å². The van der Waals surface area contributed by atoms with E-state index >= 15 is 0 Å². The van der Waals surface area contributed by atoms with Gasteiger partial charge in [-0.1, -0.05) is 0 Å². The number of ether oxygens (including phenoxy) is 1. The van der Waals surface area contributed by atoms with Crippen molar-refractivity contribution in [2.75, 3.05) is 37.2 Å². The van der Waals surface area contributed by atoms with Crippen LogP contribution in [-0.2, 0) is 20.0 Å². The zero-order chi connectivity index (χ0) is 22.5. The van der Waals surface area contributed by atoms with Gasteiger partial charge in [-0.25, -0.2) is 16.8 Å². The quantitative estimate of drug-likeness (QED) is 0.541. The SMILES string of the molecule is CS(=O)(=O)Nc1ccc(C(=O)NCCOc2ccc(S(=O)(=O)N3CCCC3)cc2)cc1. The van der Waals surface area contributed by atoms with E-state index in [0.29, 0.717) is 30.1 Å². The van der Waals surface area contributed by atoms with Crippen molar-refractivity contribution in [1.29, 1.82) is 0 Å². The summed E-state index contributed by atoms with van der Waals surface area (Å²) < 4.78 is 56.8. The number of sulfonamides is 2. The molecule has 31 heavy (non-hydrogen) atoms. The molecule has 168 valence electrons. The first-order valence-electron chi connectivity index (χ1n) is 9.74. The molecule has 1 aliphatic rings. The standard InChI is InChI=1S/C20H25N3O6S2/c1-30(25,26)22-17-6-4-16(5-7-17)20(24)21-12-15-29-18-8-10-19(11-9-18)31(27,28)23-13-2-3-14-23/h4-11,22H,2-3,12-15H2,1H3,(H,21,24). The number of carbonyl (C=O) groups is 1. The Morgan fingerprint density at radius 3 is 2.16 bits per heavy atom. The predicted molar refractivity (Wildman–Crippen MR) is 117 cm³/mol. The Labute approximate surface area is 182 Å². The zero-order valence-corrected chi connectivity index (χ0v) is 18.7. The average molecular weight is 468 g/mol. The summed E-state index contributed by atoms with van der Waals surface area (Å²) in [4.78, 5) is 12.4. The summed E-state index contributed by atoms with van der Waals surface area (Å²) in [6, 6.07) is 12.3. The normalized spacial score (nSPS) is 14.9. The van der Waals surface area contributed by atoms with E-state index in [0.717, 1.165) is 19.1 Å². The molecule has 0 aromatic heterocycles. The van der Waals surface area contributed by atoms with Gasteiger partial charge in [-0.3, -0.25) is 9.52 Å². The second-order valence-electron chi connectivity index (χ2n) is 7.14. The van der Waals surface area contributed by atoms with Crippen molar-refractivity contribution in [1.82, 2.24) is 9.62 Å². The number of amides is 1. The molecule has 3 rings (SSSR count). The van der Waals surface area contributed by atoms with Gasteiger partial charge in [0, 0.05) is 24.3 Å². The van der Waals surface area contributed by atoms with Gasteiger partial charge in [-0.05, 0) is 61.4 Å². The second-order valence-corrected chi connectivity index (χ2v) is 10.8. The van der Waals surface area contributed by atoms with E-state index in [-0.39, 0.29) is 24.0 Å². The lowest BCUT2D eigenvalue weighted by atomic mass is 10.2. The lowest BCUT2D eigenvalue weighted by Crippen LogP contribution is -2.28. The molecule has 0 unspecified atom stereocenters. The highest BCUT2D eigenvalue weighted by molar-refractivity contribution is 7.92. The third-order valence-electron chi connectivity index (χ3n) is 4.63. The molecule has 0 radical (unpaired) electrons. The van der Waals surface area contributed by atoms with Crippen LogP contribution in [0.1, 0.15) is 23.2 Å². The summed E-state index contributed by atoms with van der Waals surface area (Å²) in [5, 5.41) is 2.70. The van der Waals surface area contributed by atoms with Crippen LogP contribution < -0.4 is 14.8 Å². The van der Waals surface area contributed by atoms with Crippen LogP contribution in [0.4, 0.5) is 5.69 Å². The maximum absolute atomic E-state index is 12.5. The van der Waals surface area contributed by atoms with Crippen molar-refractivity contribution in [3.8, 4) is 5.75 Å². The van der Waals surface area contributed by atoms with E-state index in [1.54, 1.807) is 12.1 Å². The van der Waals surface area contributed by atoms with E-state index in [1.807, 2.05) is 0 Å². The highest BCUT2D eigenvalue weighted by atomic mass is 32.2. The fourth-order valence-electron chi connectivity index (χ4n) is 3.12. The molecule has 1 saturated heterocycles. The highest BCUT2D eigenvalue weighted by Gasteiger charge is 2.26. The van der Waals surface area contributed by atoms with Gasteiger partial charge in [-0.15, -0.1) is 0 Å². The summed E-state index contributed by atoms with van der Waals surface area (Å²) in [6.07, 6.45) is 2.81. The first-order valence-corrected chi connectivity index (χ1v) is 13.1. The van der Waals surface area contributed by atoms with E-state index in [9.17, 15) is 21.6 Å². The summed E-state index contributed by atoms with van der Waals surface area (Å²) in [6.45, 7) is 1.56. The van der Waals surface area contributed by atoms with Gasteiger partial charge in [-0.2, -0.15) is 4.31 Å². The number of hydrogen-bond acceptors (Lipinski definition) is 6. The van der Waals surface area contributed by atoms with Crippen molar-refractivity contribution in [2.24, 2.45) is 0 Å². The maximum Gasteiger partial charge on any atom is 0.251 e. The van der Waals surface area contributed by atoms with Crippen molar-refractivity contribution >= 4 is 31.6 Å². The van der Waals surface area contributed by atoms with E-state index in [4.69, 9.17) is 4.74 Å². The molecule has 9 nitrogen and oxygen atoms in total. The Balaban J connectivity index is 1.45. The van der Waals surface area contributed by atoms with Crippen LogP contribution in [0.2, 0.25) is 0 Å². The predicted octanol–water partition coefficient (Wildman–Crippen LogP) is 1.65. The Morgan fingerprint density at radius 1 is 0.968 bits per heavy atom. The molecular formula is C20H25N3O6S2. The largest absolute Gasteiger partial charge is 0.492 e. The maximum atomic E-state index is 12.5. The molecule has 0 atom stereocenters. The molecule has 0 aliphatic carbocycles. The summed E-state index contributed by atoms with van der Waals surface area (Å²) in [7, 11) is -6.83. The lowest BCUT2D eigenvalue weighted by molar-refractivity contribution is 0.0947. The number of benzene rings is 2. The monoisotopic (exact) mass is 467 g/mol. The molecule has 1 heterocycles. The second kappa shape index (κ2) is 9.67. The molecule has 2 aromatic rings.